The lowest BCUT2D eigenvalue weighted by molar-refractivity contribution is -0.153. The molecule has 2 atom stereocenters. The van der Waals surface area contributed by atoms with Crippen molar-refractivity contribution in [3.05, 3.63) is 48.0 Å². The number of imidazole rings is 1. The molecule has 0 saturated heterocycles. The summed E-state index contributed by atoms with van der Waals surface area (Å²) in [6, 6.07) is 12.4. The lowest BCUT2D eigenvalue weighted by atomic mass is 9.89. The molecule has 0 bridgehead atoms. The molecule has 2 unspecified atom stereocenters. The normalized spacial score (nSPS) is 17.5. The number of anilines is 1. The summed E-state index contributed by atoms with van der Waals surface area (Å²) in [5, 5.41) is 0. The van der Waals surface area contributed by atoms with Gasteiger partial charge in [0.2, 0.25) is 11.9 Å². The monoisotopic (exact) mass is 467 g/mol. The van der Waals surface area contributed by atoms with Crippen LogP contribution in [0.5, 0.6) is 11.5 Å². The average Bonchev–Trinajstić information content (AvgIpc) is 3.23. The summed E-state index contributed by atoms with van der Waals surface area (Å²) in [6.07, 6.45) is 0.599. The Balaban J connectivity index is 1.95. The Kier molecular flexibility index (Phi) is 7.02. The highest BCUT2D eigenvalue weighted by molar-refractivity contribution is 6.08. The Hall–Kier alpha value is -3.59. The summed E-state index contributed by atoms with van der Waals surface area (Å²) in [5.74, 6) is -0.473. The van der Waals surface area contributed by atoms with E-state index >= 15 is 0 Å². The second kappa shape index (κ2) is 10.1. The number of carbonyl (C=O) groups is 2. The molecule has 4 rings (SSSR count). The molecule has 180 valence electrons. The molecule has 0 aliphatic carbocycles. The topological polar surface area (TPSA) is 92.1 Å². The van der Waals surface area contributed by atoms with Gasteiger partial charge in [-0.25, -0.2) is 4.98 Å². The van der Waals surface area contributed by atoms with E-state index in [9.17, 15) is 9.59 Å². The number of esters is 1. The summed E-state index contributed by atoms with van der Waals surface area (Å²) >= 11 is 0. The number of rotatable bonds is 9. The number of methoxy groups -OCH3 is 3. The Morgan fingerprint density at radius 3 is 2.53 bits per heavy atom. The van der Waals surface area contributed by atoms with Crippen LogP contribution in [0.1, 0.15) is 24.9 Å². The van der Waals surface area contributed by atoms with E-state index in [4.69, 9.17) is 23.9 Å². The van der Waals surface area contributed by atoms with Crippen molar-refractivity contribution in [2.45, 2.75) is 19.4 Å². The molecule has 1 aliphatic rings. The van der Waals surface area contributed by atoms with E-state index in [0.717, 1.165) is 11.0 Å². The highest BCUT2D eigenvalue weighted by atomic mass is 16.5. The van der Waals surface area contributed by atoms with Crippen molar-refractivity contribution in [1.82, 2.24) is 9.55 Å². The minimum atomic E-state index is -1.09. The number of hydrogen-bond acceptors (Lipinski definition) is 7. The molecular formula is C25H29N3O6. The van der Waals surface area contributed by atoms with Gasteiger partial charge in [-0.3, -0.25) is 14.5 Å². The van der Waals surface area contributed by atoms with Crippen LogP contribution in [0.25, 0.3) is 11.0 Å². The van der Waals surface area contributed by atoms with Gasteiger partial charge in [-0.15, -0.1) is 0 Å². The van der Waals surface area contributed by atoms with Gasteiger partial charge in [0.25, 0.3) is 0 Å². The van der Waals surface area contributed by atoms with E-state index in [2.05, 4.69) is 0 Å². The summed E-state index contributed by atoms with van der Waals surface area (Å²) in [6.45, 7) is 2.74. The van der Waals surface area contributed by atoms with Gasteiger partial charge in [-0.2, -0.15) is 0 Å². The van der Waals surface area contributed by atoms with Gasteiger partial charge in [-0.05, 0) is 43.2 Å². The number of carbonyl (C=O) groups excluding carboxylic acids is 2. The fraction of sp³-hybridized carbons (Fsp3) is 0.400. The molecule has 9 nitrogen and oxygen atoms in total. The van der Waals surface area contributed by atoms with Gasteiger partial charge in [0, 0.05) is 20.3 Å². The van der Waals surface area contributed by atoms with Crippen LogP contribution < -0.4 is 14.4 Å². The second-order valence-corrected chi connectivity index (χ2v) is 7.90. The molecule has 0 saturated carbocycles. The number of para-hydroxylation sites is 2. The molecule has 1 aromatic heterocycles. The fourth-order valence-corrected chi connectivity index (χ4v) is 4.46. The van der Waals surface area contributed by atoms with Crippen molar-refractivity contribution in [2.24, 2.45) is 5.92 Å². The molecule has 34 heavy (non-hydrogen) atoms. The van der Waals surface area contributed by atoms with Crippen molar-refractivity contribution >= 4 is 28.9 Å². The number of amides is 1. The Bertz CT molecular complexity index is 1190. The molecule has 0 radical (unpaired) electrons. The maximum Gasteiger partial charge on any atom is 0.321 e. The van der Waals surface area contributed by atoms with Crippen LogP contribution in [0, 0.1) is 5.92 Å². The first kappa shape index (κ1) is 23.6. The largest absolute Gasteiger partial charge is 0.493 e. The quantitative estimate of drug-likeness (QED) is 0.271. The molecule has 9 heteroatoms. The van der Waals surface area contributed by atoms with Crippen molar-refractivity contribution < 1.29 is 28.5 Å². The van der Waals surface area contributed by atoms with E-state index in [0.29, 0.717) is 42.6 Å². The maximum atomic E-state index is 13.8. The Morgan fingerprint density at radius 2 is 1.82 bits per heavy atom. The first-order chi connectivity index (χ1) is 16.5. The van der Waals surface area contributed by atoms with Gasteiger partial charge in [0.1, 0.15) is 0 Å². The average molecular weight is 468 g/mol. The molecule has 1 amide bonds. The summed E-state index contributed by atoms with van der Waals surface area (Å²) in [5.41, 5.74) is 2.26. The zero-order chi connectivity index (χ0) is 24.2. The van der Waals surface area contributed by atoms with Crippen LogP contribution in [0.2, 0.25) is 0 Å². The van der Waals surface area contributed by atoms with Crippen molar-refractivity contribution in [3.63, 3.8) is 0 Å². The molecule has 2 aromatic carbocycles. The molecule has 0 fully saturated rings. The van der Waals surface area contributed by atoms with Crippen LogP contribution in [-0.2, 0) is 19.1 Å². The van der Waals surface area contributed by atoms with Crippen molar-refractivity contribution in [1.29, 1.82) is 0 Å². The molecular weight excluding hydrogens is 438 g/mol. The van der Waals surface area contributed by atoms with Gasteiger partial charge < -0.3 is 23.5 Å². The molecule has 3 aromatic rings. The summed E-state index contributed by atoms with van der Waals surface area (Å²) in [7, 11) is 4.72. The summed E-state index contributed by atoms with van der Waals surface area (Å²) < 4.78 is 23.4. The number of nitrogens with zero attached hydrogens (tertiary/aromatic N) is 3. The minimum absolute atomic E-state index is 0.169. The van der Waals surface area contributed by atoms with E-state index in [1.54, 1.807) is 45.3 Å². The van der Waals surface area contributed by atoms with Crippen LogP contribution >= 0.6 is 0 Å². The van der Waals surface area contributed by atoms with Gasteiger partial charge in [0.15, 0.2) is 17.4 Å². The van der Waals surface area contributed by atoms with Gasteiger partial charge in [0.05, 0.1) is 37.9 Å². The molecule has 0 N–H and O–H groups in total. The molecule has 2 heterocycles. The van der Waals surface area contributed by atoms with Crippen molar-refractivity contribution in [2.75, 3.05) is 46.0 Å². The predicted octanol–water partition coefficient (Wildman–Crippen LogP) is 3.21. The first-order valence-corrected chi connectivity index (χ1v) is 11.2. The zero-order valence-electron chi connectivity index (χ0n) is 19.8. The molecule has 0 spiro atoms. The number of ether oxygens (including phenoxy) is 4. The Morgan fingerprint density at radius 1 is 1.06 bits per heavy atom. The third-order valence-corrected chi connectivity index (χ3v) is 5.96. The number of fused-ring (bicyclic) bond motifs is 3. The summed E-state index contributed by atoms with van der Waals surface area (Å²) in [4.78, 5) is 33.4. The van der Waals surface area contributed by atoms with E-state index in [1.807, 2.05) is 34.9 Å². The second-order valence-electron chi connectivity index (χ2n) is 7.90. The third-order valence-electron chi connectivity index (χ3n) is 5.96. The van der Waals surface area contributed by atoms with Crippen LogP contribution in [0.15, 0.2) is 42.5 Å². The van der Waals surface area contributed by atoms with Crippen LogP contribution in [0.3, 0.4) is 0 Å². The minimum Gasteiger partial charge on any atom is -0.493 e. The number of benzene rings is 2. The third kappa shape index (κ3) is 4.07. The van der Waals surface area contributed by atoms with Crippen LogP contribution in [0.4, 0.5) is 5.95 Å². The highest BCUT2D eigenvalue weighted by Gasteiger charge is 2.47. The fourth-order valence-electron chi connectivity index (χ4n) is 4.46. The van der Waals surface area contributed by atoms with Crippen molar-refractivity contribution in [3.8, 4) is 11.5 Å². The van der Waals surface area contributed by atoms with Crippen LogP contribution in [-0.4, -0.2) is 62.5 Å². The maximum absolute atomic E-state index is 13.8. The highest BCUT2D eigenvalue weighted by Crippen LogP contribution is 2.43. The van der Waals surface area contributed by atoms with E-state index in [1.165, 1.54) is 0 Å². The van der Waals surface area contributed by atoms with E-state index < -0.39 is 17.9 Å². The predicted molar refractivity (Wildman–Crippen MR) is 126 cm³/mol. The molecule has 1 aliphatic heterocycles. The zero-order valence-corrected chi connectivity index (χ0v) is 19.8. The SMILES string of the molecule is CCOC(=O)C1C(=O)N(CCCOC)c2nc3ccccc3n2C1c1ccc(OC)c(OC)c1. The smallest absolute Gasteiger partial charge is 0.321 e. The number of hydrogen-bond donors (Lipinski definition) is 0. The standard InChI is InChI=1S/C25H29N3O6/c1-5-34-24(30)21-22(16-11-12-19(32-3)20(15-16)33-4)28-18-10-7-6-9-17(18)26-25(28)27(23(21)29)13-8-14-31-2/h6-7,9-12,15,21-22H,5,8,13-14H2,1-4H3. The number of aromatic nitrogens is 2. The van der Waals surface area contributed by atoms with Gasteiger partial charge >= 0.3 is 5.97 Å². The van der Waals surface area contributed by atoms with Gasteiger partial charge in [-0.1, -0.05) is 18.2 Å². The lowest BCUT2D eigenvalue weighted by Crippen LogP contribution is -2.50. The Labute approximate surface area is 198 Å². The lowest BCUT2D eigenvalue weighted by Gasteiger charge is -2.38. The first-order valence-electron chi connectivity index (χ1n) is 11.2. The van der Waals surface area contributed by atoms with E-state index in [-0.39, 0.29) is 12.5 Å².